The van der Waals surface area contributed by atoms with Crippen molar-refractivity contribution in [2.24, 2.45) is 5.92 Å². The number of hydrogen-bond donors (Lipinski definition) is 3. The van der Waals surface area contributed by atoms with Gasteiger partial charge in [0.25, 0.3) is 0 Å². The van der Waals surface area contributed by atoms with Crippen molar-refractivity contribution in [2.75, 3.05) is 24.3 Å². The maximum Gasteiger partial charge on any atom is 0.356 e. The molecule has 0 aliphatic carbocycles. The number of anilines is 2. The molecule has 0 spiro atoms. The SMILES string of the molecule is COC(=O)c1c(NC(C)=O)c2cc(NCCC(C)C)cnc2n1CCc1c[nH]c2ccccc12. The number of nitrogens with one attached hydrogen (secondary N) is 3. The molecule has 0 saturated carbocycles. The predicted octanol–water partition coefficient (Wildman–Crippen LogP) is 4.96. The molecule has 0 bridgehead atoms. The van der Waals surface area contributed by atoms with E-state index in [4.69, 9.17) is 4.74 Å². The molecule has 0 aliphatic heterocycles. The minimum absolute atomic E-state index is 0.265. The molecule has 8 heteroatoms. The standard InChI is InChI=1S/C26H31N5O3/c1-16(2)9-11-27-19-13-21-23(30-17(3)32)24(26(33)34-4)31(25(21)29-15-19)12-10-18-14-28-22-8-6-5-7-20(18)22/h5-8,13-16,27-28H,9-12H2,1-4H3,(H,30,32). The van der Waals surface area contributed by atoms with Crippen molar-refractivity contribution < 1.29 is 14.3 Å². The summed E-state index contributed by atoms with van der Waals surface area (Å²) < 4.78 is 6.94. The van der Waals surface area contributed by atoms with Crippen molar-refractivity contribution in [2.45, 2.75) is 40.2 Å². The molecule has 3 N–H and O–H groups in total. The fourth-order valence-corrected chi connectivity index (χ4v) is 4.23. The third-order valence-corrected chi connectivity index (χ3v) is 5.91. The number of benzene rings is 1. The van der Waals surface area contributed by atoms with E-state index in [-0.39, 0.29) is 5.91 Å². The van der Waals surface area contributed by atoms with Gasteiger partial charge in [-0.2, -0.15) is 0 Å². The molecule has 1 aromatic carbocycles. The van der Waals surface area contributed by atoms with E-state index in [0.29, 0.717) is 41.3 Å². The second kappa shape index (κ2) is 9.99. The highest BCUT2D eigenvalue weighted by molar-refractivity contribution is 6.11. The highest BCUT2D eigenvalue weighted by Crippen LogP contribution is 2.33. The molecule has 0 fully saturated rings. The van der Waals surface area contributed by atoms with Crippen LogP contribution < -0.4 is 10.6 Å². The second-order valence-corrected chi connectivity index (χ2v) is 8.86. The Morgan fingerprint density at radius 1 is 1.21 bits per heavy atom. The van der Waals surface area contributed by atoms with E-state index in [1.165, 1.54) is 14.0 Å². The fraction of sp³-hybridized carbons (Fsp3) is 0.346. The van der Waals surface area contributed by atoms with Gasteiger partial charge in [-0.1, -0.05) is 32.0 Å². The monoisotopic (exact) mass is 461 g/mol. The maximum absolute atomic E-state index is 12.9. The van der Waals surface area contributed by atoms with Crippen LogP contribution in [0.5, 0.6) is 0 Å². The van der Waals surface area contributed by atoms with E-state index in [1.807, 2.05) is 35.0 Å². The Balaban J connectivity index is 1.76. The zero-order chi connectivity index (χ0) is 24.2. The van der Waals surface area contributed by atoms with Crippen LogP contribution in [0.3, 0.4) is 0 Å². The summed E-state index contributed by atoms with van der Waals surface area (Å²) in [6, 6.07) is 10.0. The molecule has 178 valence electrons. The lowest BCUT2D eigenvalue weighted by atomic mass is 10.1. The first-order chi connectivity index (χ1) is 16.4. The summed E-state index contributed by atoms with van der Waals surface area (Å²) in [5.74, 6) is -0.204. The Bertz CT molecular complexity index is 1340. The van der Waals surface area contributed by atoms with Gasteiger partial charge in [-0.25, -0.2) is 9.78 Å². The van der Waals surface area contributed by atoms with Crippen LogP contribution >= 0.6 is 0 Å². The van der Waals surface area contributed by atoms with Gasteiger partial charge in [0.15, 0.2) is 5.69 Å². The van der Waals surface area contributed by atoms with Crippen LogP contribution in [0, 0.1) is 5.92 Å². The zero-order valence-electron chi connectivity index (χ0n) is 20.1. The second-order valence-electron chi connectivity index (χ2n) is 8.86. The van der Waals surface area contributed by atoms with E-state index in [1.54, 1.807) is 6.20 Å². The number of methoxy groups -OCH3 is 1. The first kappa shape index (κ1) is 23.4. The third kappa shape index (κ3) is 4.76. The van der Waals surface area contributed by atoms with Gasteiger partial charge in [0.1, 0.15) is 5.65 Å². The Hall–Kier alpha value is -3.81. The summed E-state index contributed by atoms with van der Waals surface area (Å²) in [7, 11) is 1.34. The maximum atomic E-state index is 12.9. The quantitative estimate of drug-likeness (QED) is 0.306. The molecule has 0 radical (unpaired) electrons. The third-order valence-electron chi connectivity index (χ3n) is 5.91. The van der Waals surface area contributed by atoms with Crippen molar-refractivity contribution in [3.8, 4) is 0 Å². The smallest absolute Gasteiger partial charge is 0.356 e. The molecular formula is C26H31N5O3. The molecule has 3 aromatic heterocycles. The Kier molecular flexibility index (Phi) is 6.86. The van der Waals surface area contributed by atoms with Crippen LogP contribution in [0.25, 0.3) is 21.9 Å². The Morgan fingerprint density at radius 2 is 2.00 bits per heavy atom. The van der Waals surface area contributed by atoms with E-state index < -0.39 is 5.97 Å². The van der Waals surface area contributed by atoms with Gasteiger partial charge < -0.3 is 24.9 Å². The van der Waals surface area contributed by atoms with Crippen LogP contribution in [0.15, 0.2) is 42.7 Å². The fourth-order valence-electron chi connectivity index (χ4n) is 4.23. The van der Waals surface area contributed by atoms with Crippen LogP contribution in [-0.2, 0) is 22.5 Å². The molecule has 4 aromatic rings. The number of H-pyrrole nitrogens is 1. The lowest BCUT2D eigenvalue weighted by molar-refractivity contribution is -0.114. The van der Waals surface area contributed by atoms with Gasteiger partial charge in [-0.05, 0) is 36.5 Å². The van der Waals surface area contributed by atoms with E-state index in [9.17, 15) is 9.59 Å². The van der Waals surface area contributed by atoms with Crippen LogP contribution in [-0.4, -0.2) is 40.1 Å². The summed E-state index contributed by atoms with van der Waals surface area (Å²) in [6.45, 7) is 7.08. The number of pyridine rings is 1. The number of aryl methyl sites for hydroxylation is 2. The summed E-state index contributed by atoms with van der Waals surface area (Å²) in [6.07, 6.45) is 5.46. The van der Waals surface area contributed by atoms with Crippen molar-refractivity contribution in [3.05, 3.63) is 54.0 Å². The molecule has 8 nitrogen and oxygen atoms in total. The molecule has 0 saturated heterocycles. The molecule has 34 heavy (non-hydrogen) atoms. The number of para-hydroxylation sites is 1. The molecule has 0 aliphatic rings. The molecular weight excluding hydrogens is 430 g/mol. The summed E-state index contributed by atoms with van der Waals surface area (Å²) >= 11 is 0. The highest BCUT2D eigenvalue weighted by atomic mass is 16.5. The van der Waals surface area contributed by atoms with Gasteiger partial charge in [-0.15, -0.1) is 0 Å². The number of carbonyl (C=O) groups excluding carboxylic acids is 2. The minimum atomic E-state index is -0.519. The number of hydrogen-bond acceptors (Lipinski definition) is 5. The first-order valence-corrected chi connectivity index (χ1v) is 11.6. The van der Waals surface area contributed by atoms with Gasteiger partial charge in [0, 0.05) is 42.5 Å². The number of fused-ring (bicyclic) bond motifs is 2. The highest BCUT2D eigenvalue weighted by Gasteiger charge is 2.25. The lowest BCUT2D eigenvalue weighted by Gasteiger charge is -2.10. The van der Waals surface area contributed by atoms with Crippen LogP contribution in [0.1, 0.15) is 43.2 Å². The largest absolute Gasteiger partial charge is 0.464 e. The van der Waals surface area contributed by atoms with Crippen molar-refractivity contribution >= 4 is 45.2 Å². The number of amides is 1. The van der Waals surface area contributed by atoms with Crippen LogP contribution in [0.2, 0.25) is 0 Å². The predicted molar refractivity (Wildman–Crippen MR) is 135 cm³/mol. The van der Waals surface area contributed by atoms with Crippen molar-refractivity contribution in [3.63, 3.8) is 0 Å². The number of aromatic amines is 1. The van der Waals surface area contributed by atoms with E-state index >= 15 is 0 Å². The molecule has 0 unspecified atom stereocenters. The number of rotatable bonds is 9. The van der Waals surface area contributed by atoms with Crippen molar-refractivity contribution in [1.29, 1.82) is 0 Å². The van der Waals surface area contributed by atoms with Crippen LogP contribution in [0.4, 0.5) is 11.4 Å². The Morgan fingerprint density at radius 3 is 2.74 bits per heavy atom. The molecule has 1 amide bonds. The topological polar surface area (TPSA) is 101 Å². The number of aromatic nitrogens is 3. The summed E-state index contributed by atoms with van der Waals surface area (Å²) in [5, 5.41) is 8.07. The number of nitrogens with zero attached hydrogens (tertiary/aromatic N) is 2. The van der Waals surface area contributed by atoms with Gasteiger partial charge in [0.2, 0.25) is 5.91 Å². The molecule has 4 rings (SSSR count). The molecule has 3 heterocycles. The first-order valence-electron chi connectivity index (χ1n) is 11.6. The average Bonchev–Trinajstić information content (AvgIpc) is 3.35. The minimum Gasteiger partial charge on any atom is -0.464 e. The van der Waals surface area contributed by atoms with Gasteiger partial charge >= 0.3 is 5.97 Å². The average molecular weight is 462 g/mol. The number of carbonyl (C=O) groups is 2. The van der Waals surface area contributed by atoms with Gasteiger partial charge in [0.05, 0.1) is 24.7 Å². The van der Waals surface area contributed by atoms with Crippen molar-refractivity contribution in [1.82, 2.24) is 14.5 Å². The van der Waals surface area contributed by atoms with E-state index in [2.05, 4.69) is 40.5 Å². The number of esters is 1. The normalized spacial score (nSPS) is 11.3. The Labute approximate surface area is 198 Å². The van der Waals surface area contributed by atoms with E-state index in [0.717, 1.165) is 35.1 Å². The summed E-state index contributed by atoms with van der Waals surface area (Å²) in [5.41, 5.74) is 4.38. The van der Waals surface area contributed by atoms with Gasteiger partial charge in [-0.3, -0.25) is 4.79 Å². The molecule has 0 atom stereocenters. The lowest BCUT2D eigenvalue weighted by Crippen LogP contribution is -2.16. The zero-order valence-corrected chi connectivity index (χ0v) is 20.1. The number of ether oxygens (including phenoxy) is 1. The summed E-state index contributed by atoms with van der Waals surface area (Å²) in [4.78, 5) is 32.9.